The van der Waals surface area contributed by atoms with Crippen LogP contribution in [0.3, 0.4) is 0 Å². The number of benzene rings is 2. The van der Waals surface area contributed by atoms with E-state index in [1.165, 1.54) is 0 Å². The van der Waals surface area contributed by atoms with Crippen LogP contribution >= 0.6 is 0 Å². The summed E-state index contributed by atoms with van der Waals surface area (Å²) in [6.45, 7) is 0.111. The Labute approximate surface area is 139 Å². The second-order valence-electron chi connectivity index (χ2n) is 5.51. The van der Waals surface area contributed by atoms with Gasteiger partial charge in [0.05, 0.1) is 5.56 Å². The molecular formula is C19H18N2O3. The molecule has 0 aliphatic carbocycles. The van der Waals surface area contributed by atoms with Crippen LogP contribution in [-0.2, 0) is 23.1 Å². The van der Waals surface area contributed by atoms with Crippen molar-refractivity contribution in [1.29, 1.82) is 0 Å². The first-order valence-corrected chi connectivity index (χ1v) is 7.67. The van der Waals surface area contributed by atoms with Crippen molar-refractivity contribution < 1.29 is 14.3 Å². The van der Waals surface area contributed by atoms with Crippen LogP contribution in [0.5, 0.6) is 0 Å². The van der Waals surface area contributed by atoms with E-state index >= 15 is 0 Å². The third-order valence-corrected chi connectivity index (χ3v) is 3.78. The van der Waals surface area contributed by atoms with Gasteiger partial charge in [-0.2, -0.15) is 0 Å². The number of nitrogens with zero attached hydrogens (tertiary/aromatic N) is 1. The summed E-state index contributed by atoms with van der Waals surface area (Å²) >= 11 is 0. The fraction of sp³-hybridized carbons (Fsp3) is 0.158. The molecule has 122 valence electrons. The minimum absolute atomic E-state index is 0.297. The SMILES string of the molecule is Cn1cc(C(=O)OCC(=O)NCc2ccccc2)c2ccccc21. The maximum absolute atomic E-state index is 12.2. The number of amides is 1. The molecule has 5 heteroatoms. The van der Waals surface area contributed by atoms with Gasteiger partial charge in [0, 0.05) is 30.7 Å². The zero-order chi connectivity index (χ0) is 16.9. The molecule has 0 unspecified atom stereocenters. The van der Waals surface area contributed by atoms with Gasteiger partial charge >= 0.3 is 5.97 Å². The highest BCUT2D eigenvalue weighted by Gasteiger charge is 2.16. The minimum Gasteiger partial charge on any atom is -0.452 e. The van der Waals surface area contributed by atoms with Gasteiger partial charge in [0.15, 0.2) is 6.61 Å². The maximum Gasteiger partial charge on any atom is 0.340 e. The maximum atomic E-state index is 12.2. The lowest BCUT2D eigenvalue weighted by Crippen LogP contribution is -2.28. The summed E-state index contributed by atoms with van der Waals surface area (Å²) in [4.78, 5) is 24.1. The van der Waals surface area contributed by atoms with Crippen molar-refractivity contribution in [3.05, 3.63) is 71.9 Å². The van der Waals surface area contributed by atoms with E-state index in [2.05, 4.69) is 5.32 Å². The van der Waals surface area contributed by atoms with Crippen molar-refractivity contribution in [2.75, 3.05) is 6.61 Å². The Balaban J connectivity index is 1.58. The monoisotopic (exact) mass is 322 g/mol. The summed E-state index contributed by atoms with van der Waals surface area (Å²) < 4.78 is 7.00. The van der Waals surface area contributed by atoms with Crippen molar-refractivity contribution in [3.63, 3.8) is 0 Å². The molecule has 24 heavy (non-hydrogen) atoms. The number of aromatic nitrogens is 1. The molecule has 0 aliphatic rings. The van der Waals surface area contributed by atoms with Gasteiger partial charge < -0.3 is 14.6 Å². The summed E-state index contributed by atoms with van der Waals surface area (Å²) in [5.41, 5.74) is 2.40. The van der Waals surface area contributed by atoms with Crippen LogP contribution in [0, 0.1) is 0 Å². The number of aryl methyl sites for hydroxylation is 1. The van der Waals surface area contributed by atoms with Crippen molar-refractivity contribution in [3.8, 4) is 0 Å². The van der Waals surface area contributed by atoms with Gasteiger partial charge in [0.2, 0.25) is 0 Å². The molecule has 2 aromatic carbocycles. The summed E-state index contributed by atoms with van der Waals surface area (Å²) in [5.74, 6) is -0.825. The van der Waals surface area contributed by atoms with E-state index < -0.39 is 5.97 Å². The number of esters is 1. The fourth-order valence-electron chi connectivity index (χ4n) is 2.56. The Bertz CT molecular complexity index is 869. The van der Waals surface area contributed by atoms with Crippen molar-refractivity contribution in [2.24, 2.45) is 7.05 Å². The fourth-order valence-corrected chi connectivity index (χ4v) is 2.56. The summed E-state index contributed by atoms with van der Waals surface area (Å²) in [6.07, 6.45) is 1.72. The lowest BCUT2D eigenvalue weighted by atomic mass is 10.2. The highest BCUT2D eigenvalue weighted by molar-refractivity contribution is 6.04. The van der Waals surface area contributed by atoms with Crippen LogP contribution in [0.15, 0.2) is 60.8 Å². The second-order valence-corrected chi connectivity index (χ2v) is 5.51. The molecule has 1 N–H and O–H groups in total. The predicted octanol–water partition coefficient (Wildman–Crippen LogP) is 2.65. The number of carbonyl (C=O) groups excluding carboxylic acids is 2. The number of rotatable bonds is 5. The van der Waals surface area contributed by atoms with Gasteiger partial charge in [-0.3, -0.25) is 4.79 Å². The number of fused-ring (bicyclic) bond motifs is 1. The average molecular weight is 322 g/mol. The molecule has 0 saturated heterocycles. The molecule has 0 spiro atoms. The molecule has 1 heterocycles. The van der Waals surface area contributed by atoms with E-state index in [0.29, 0.717) is 12.1 Å². The van der Waals surface area contributed by atoms with Crippen LogP contribution in [0.4, 0.5) is 0 Å². The number of para-hydroxylation sites is 1. The van der Waals surface area contributed by atoms with Crippen molar-refractivity contribution in [1.82, 2.24) is 9.88 Å². The van der Waals surface area contributed by atoms with Crippen LogP contribution in [0.25, 0.3) is 10.9 Å². The molecule has 5 nitrogen and oxygen atoms in total. The van der Waals surface area contributed by atoms with Crippen molar-refractivity contribution in [2.45, 2.75) is 6.54 Å². The van der Waals surface area contributed by atoms with E-state index in [1.54, 1.807) is 6.20 Å². The largest absolute Gasteiger partial charge is 0.452 e. The molecule has 0 atom stereocenters. The quantitative estimate of drug-likeness (QED) is 0.735. The zero-order valence-corrected chi connectivity index (χ0v) is 13.4. The van der Waals surface area contributed by atoms with Crippen LogP contribution in [0.2, 0.25) is 0 Å². The summed E-state index contributed by atoms with van der Waals surface area (Å²) in [6, 6.07) is 17.1. The van der Waals surface area contributed by atoms with Crippen LogP contribution in [-0.4, -0.2) is 23.1 Å². The molecule has 0 saturated carbocycles. The second kappa shape index (κ2) is 7.00. The third-order valence-electron chi connectivity index (χ3n) is 3.78. The lowest BCUT2D eigenvalue weighted by molar-refractivity contribution is -0.124. The normalized spacial score (nSPS) is 10.5. The third kappa shape index (κ3) is 3.46. The molecule has 3 rings (SSSR count). The number of carbonyl (C=O) groups is 2. The first-order valence-electron chi connectivity index (χ1n) is 7.67. The van der Waals surface area contributed by atoms with E-state index in [9.17, 15) is 9.59 Å². The van der Waals surface area contributed by atoms with Gasteiger partial charge in [0.1, 0.15) is 0 Å². The van der Waals surface area contributed by atoms with E-state index in [1.807, 2.05) is 66.2 Å². The molecule has 1 aromatic heterocycles. The molecule has 0 aliphatic heterocycles. The molecule has 0 radical (unpaired) electrons. The zero-order valence-electron chi connectivity index (χ0n) is 13.4. The lowest BCUT2D eigenvalue weighted by Gasteiger charge is -2.06. The van der Waals surface area contributed by atoms with E-state index in [-0.39, 0.29) is 12.5 Å². The molecule has 1 amide bonds. The highest BCUT2D eigenvalue weighted by Crippen LogP contribution is 2.20. The van der Waals surface area contributed by atoms with E-state index in [4.69, 9.17) is 4.74 Å². The van der Waals surface area contributed by atoms with Gasteiger partial charge in [-0.15, -0.1) is 0 Å². The van der Waals surface area contributed by atoms with Gasteiger partial charge in [-0.1, -0.05) is 48.5 Å². The first kappa shape index (κ1) is 15.8. The number of hydrogen-bond donors (Lipinski definition) is 1. The molecule has 0 bridgehead atoms. The summed E-state index contributed by atoms with van der Waals surface area (Å²) in [7, 11) is 1.87. The molecule has 3 aromatic rings. The highest BCUT2D eigenvalue weighted by atomic mass is 16.5. The number of nitrogens with one attached hydrogen (secondary N) is 1. The predicted molar refractivity (Wildman–Crippen MR) is 91.5 cm³/mol. The van der Waals surface area contributed by atoms with Crippen molar-refractivity contribution >= 4 is 22.8 Å². The topological polar surface area (TPSA) is 60.3 Å². The Kier molecular flexibility index (Phi) is 4.61. The van der Waals surface area contributed by atoms with E-state index in [0.717, 1.165) is 16.5 Å². The molecular weight excluding hydrogens is 304 g/mol. The van der Waals surface area contributed by atoms with Gasteiger partial charge in [-0.05, 0) is 11.6 Å². The standard InChI is InChI=1S/C19H18N2O3/c1-21-12-16(15-9-5-6-10-17(15)21)19(23)24-13-18(22)20-11-14-7-3-2-4-8-14/h2-10,12H,11,13H2,1H3,(H,20,22). The molecule has 0 fully saturated rings. The number of ether oxygens (including phenoxy) is 1. The number of hydrogen-bond acceptors (Lipinski definition) is 3. The van der Waals surface area contributed by atoms with Crippen LogP contribution < -0.4 is 5.32 Å². The van der Waals surface area contributed by atoms with Gasteiger partial charge in [-0.25, -0.2) is 4.79 Å². The Morgan fingerprint density at radius 2 is 1.75 bits per heavy atom. The Hall–Kier alpha value is -3.08. The van der Waals surface area contributed by atoms with Crippen LogP contribution in [0.1, 0.15) is 15.9 Å². The first-order chi connectivity index (χ1) is 11.6. The van der Waals surface area contributed by atoms with Gasteiger partial charge in [0.25, 0.3) is 5.91 Å². The minimum atomic E-state index is -0.498. The Morgan fingerprint density at radius 3 is 2.54 bits per heavy atom. The average Bonchev–Trinajstić information content (AvgIpc) is 2.96. The Morgan fingerprint density at radius 1 is 1.04 bits per heavy atom. The smallest absolute Gasteiger partial charge is 0.340 e. The summed E-state index contributed by atoms with van der Waals surface area (Å²) in [5, 5.41) is 3.54.